The zero-order chi connectivity index (χ0) is 22.5. The zero-order valence-corrected chi connectivity index (χ0v) is 18.5. The van der Waals surface area contributed by atoms with Gasteiger partial charge < -0.3 is 5.32 Å². The van der Waals surface area contributed by atoms with Crippen LogP contribution in [0.4, 0.5) is 4.39 Å². The van der Waals surface area contributed by atoms with Gasteiger partial charge in [-0.2, -0.15) is 0 Å². The smallest absolute Gasteiger partial charge is 0.233 e. The molecule has 32 heavy (non-hydrogen) atoms. The van der Waals surface area contributed by atoms with Crippen LogP contribution in [0.3, 0.4) is 0 Å². The van der Waals surface area contributed by atoms with E-state index < -0.39 is 5.25 Å². The molecule has 8 heteroatoms. The van der Waals surface area contributed by atoms with Gasteiger partial charge in [0.25, 0.3) is 0 Å². The number of amides is 1. The highest BCUT2D eigenvalue weighted by Crippen LogP contribution is 2.30. The Labute approximate surface area is 189 Å². The highest BCUT2D eigenvalue weighted by atomic mass is 32.2. The first-order chi connectivity index (χ1) is 15.5. The van der Waals surface area contributed by atoms with E-state index in [1.807, 2.05) is 60.9 Å². The van der Waals surface area contributed by atoms with Crippen LogP contribution in [0, 0.1) is 5.82 Å². The van der Waals surface area contributed by atoms with E-state index in [-0.39, 0.29) is 17.8 Å². The van der Waals surface area contributed by atoms with Crippen molar-refractivity contribution in [1.82, 2.24) is 25.1 Å². The molecular formula is C24H22FN5OS. The van der Waals surface area contributed by atoms with Crippen molar-refractivity contribution in [3.05, 3.63) is 90.5 Å². The molecule has 0 aliphatic carbocycles. The Morgan fingerprint density at radius 3 is 2.34 bits per heavy atom. The van der Waals surface area contributed by atoms with Crippen LogP contribution in [0.25, 0.3) is 17.1 Å². The fourth-order valence-electron chi connectivity index (χ4n) is 3.22. The first kappa shape index (κ1) is 21.7. The molecule has 0 bridgehead atoms. The minimum atomic E-state index is -0.421. The number of aromatic nitrogens is 4. The molecule has 162 valence electrons. The van der Waals surface area contributed by atoms with Crippen molar-refractivity contribution in [1.29, 1.82) is 0 Å². The van der Waals surface area contributed by atoms with Gasteiger partial charge in [0.15, 0.2) is 11.0 Å². The van der Waals surface area contributed by atoms with Gasteiger partial charge in [0, 0.05) is 23.6 Å². The van der Waals surface area contributed by atoms with Crippen LogP contribution in [0.5, 0.6) is 0 Å². The van der Waals surface area contributed by atoms with Crippen molar-refractivity contribution >= 4 is 17.7 Å². The predicted molar refractivity (Wildman–Crippen MR) is 123 cm³/mol. The van der Waals surface area contributed by atoms with Crippen LogP contribution in [0.15, 0.2) is 84.3 Å². The fourth-order valence-corrected chi connectivity index (χ4v) is 4.10. The van der Waals surface area contributed by atoms with Crippen LogP contribution >= 0.6 is 11.8 Å². The molecule has 0 saturated heterocycles. The Morgan fingerprint density at radius 1 is 0.969 bits per heavy atom. The number of hydrogen-bond donors (Lipinski definition) is 1. The van der Waals surface area contributed by atoms with Crippen molar-refractivity contribution in [2.24, 2.45) is 0 Å². The van der Waals surface area contributed by atoms with E-state index in [1.165, 1.54) is 23.9 Å². The summed E-state index contributed by atoms with van der Waals surface area (Å²) in [4.78, 5) is 16.9. The summed E-state index contributed by atoms with van der Waals surface area (Å²) < 4.78 is 15.1. The number of rotatable bonds is 7. The van der Waals surface area contributed by atoms with Gasteiger partial charge in [-0.05, 0) is 55.8 Å². The van der Waals surface area contributed by atoms with Gasteiger partial charge >= 0.3 is 0 Å². The summed E-state index contributed by atoms with van der Waals surface area (Å²) in [5.74, 6) is 0.231. The second kappa shape index (κ2) is 9.74. The van der Waals surface area contributed by atoms with Crippen LogP contribution in [-0.2, 0) is 4.79 Å². The third kappa shape index (κ3) is 4.86. The van der Waals surface area contributed by atoms with E-state index in [0.717, 1.165) is 16.8 Å². The van der Waals surface area contributed by atoms with Gasteiger partial charge in [-0.1, -0.05) is 42.1 Å². The average Bonchev–Trinajstić information content (AvgIpc) is 3.24. The number of pyridine rings is 1. The number of para-hydroxylation sites is 1. The maximum atomic E-state index is 13.2. The van der Waals surface area contributed by atoms with E-state index >= 15 is 0 Å². The lowest BCUT2D eigenvalue weighted by molar-refractivity contribution is -0.120. The highest BCUT2D eigenvalue weighted by molar-refractivity contribution is 8.00. The lowest BCUT2D eigenvalue weighted by Gasteiger charge is -2.18. The molecule has 0 spiro atoms. The number of hydrogen-bond acceptors (Lipinski definition) is 5. The van der Waals surface area contributed by atoms with Crippen molar-refractivity contribution in [2.75, 3.05) is 0 Å². The Bertz CT molecular complexity index is 1180. The minimum Gasteiger partial charge on any atom is -0.349 e. The molecular weight excluding hydrogens is 425 g/mol. The predicted octanol–water partition coefficient (Wildman–Crippen LogP) is 4.83. The molecule has 6 nitrogen and oxygen atoms in total. The van der Waals surface area contributed by atoms with Crippen LogP contribution in [0.2, 0.25) is 0 Å². The monoisotopic (exact) mass is 447 g/mol. The Balaban J connectivity index is 1.56. The largest absolute Gasteiger partial charge is 0.349 e. The first-order valence-electron chi connectivity index (χ1n) is 10.2. The van der Waals surface area contributed by atoms with E-state index in [4.69, 9.17) is 0 Å². The Hall–Kier alpha value is -3.52. The summed E-state index contributed by atoms with van der Waals surface area (Å²) in [5, 5.41) is 11.9. The molecule has 2 aromatic heterocycles. The van der Waals surface area contributed by atoms with Gasteiger partial charge in [-0.15, -0.1) is 10.2 Å². The maximum Gasteiger partial charge on any atom is 0.233 e. The number of nitrogens with zero attached hydrogens (tertiary/aromatic N) is 4. The number of benzene rings is 2. The molecule has 0 radical (unpaired) electrons. The number of thioether (sulfide) groups is 1. The van der Waals surface area contributed by atoms with Crippen molar-refractivity contribution < 1.29 is 9.18 Å². The zero-order valence-electron chi connectivity index (χ0n) is 17.6. The molecule has 0 saturated carbocycles. The molecule has 0 aliphatic heterocycles. The van der Waals surface area contributed by atoms with Crippen LogP contribution < -0.4 is 5.32 Å². The van der Waals surface area contributed by atoms with Gasteiger partial charge in [0.1, 0.15) is 5.82 Å². The second-order valence-corrected chi connectivity index (χ2v) is 8.56. The van der Waals surface area contributed by atoms with E-state index in [2.05, 4.69) is 20.5 Å². The van der Waals surface area contributed by atoms with Crippen LogP contribution in [-0.4, -0.2) is 30.9 Å². The highest BCUT2D eigenvalue weighted by Gasteiger charge is 2.23. The van der Waals surface area contributed by atoms with E-state index in [1.54, 1.807) is 24.5 Å². The molecule has 1 amide bonds. The van der Waals surface area contributed by atoms with Gasteiger partial charge in [-0.25, -0.2) is 4.39 Å². The molecule has 2 aromatic carbocycles. The topological polar surface area (TPSA) is 72.7 Å². The molecule has 4 aromatic rings. The number of halogens is 1. The summed E-state index contributed by atoms with van der Waals surface area (Å²) in [6, 6.07) is 19.4. The minimum absolute atomic E-state index is 0.139. The Morgan fingerprint density at radius 2 is 1.66 bits per heavy atom. The number of nitrogens with one attached hydrogen (secondary N) is 1. The average molecular weight is 448 g/mol. The van der Waals surface area contributed by atoms with Gasteiger partial charge in [-0.3, -0.25) is 14.3 Å². The first-order valence-corrected chi connectivity index (χ1v) is 11.0. The van der Waals surface area contributed by atoms with Crippen molar-refractivity contribution in [2.45, 2.75) is 30.3 Å². The molecule has 1 N–H and O–H groups in total. The summed E-state index contributed by atoms with van der Waals surface area (Å²) >= 11 is 1.33. The molecule has 0 fully saturated rings. The standard InChI is InChI=1S/C24H22FN5OS/c1-16(18-8-10-20(25)11-9-18)27-23(31)17(2)32-24-29-28-22(19-12-14-26-15-13-19)30(24)21-6-4-3-5-7-21/h3-17H,1-2H3,(H,27,31). The molecule has 2 unspecified atom stereocenters. The maximum absolute atomic E-state index is 13.2. The normalized spacial score (nSPS) is 12.8. The van der Waals surface area contributed by atoms with Crippen LogP contribution in [0.1, 0.15) is 25.5 Å². The third-order valence-corrected chi connectivity index (χ3v) is 6.01. The number of carbonyl (C=O) groups excluding carboxylic acids is 1. The van der Waals surface area contributed by atoms with Gasteiger partial charge in [0.05, 0.1) is 11.3 Å². The Kier molecular flexibility index (Phi) is 6.61. The quantitative estimate of drug-likeness (QED) is 0.411. The second-order valence-electron chi connectivity index (χ2n) is 7.25. The van der Waals surface area contributed by atoms with E-state index in [9.17, 15) is 9.18 Å². The lowest BCUT2D eigenvalue weighted by Crippen LogP contribution is -2.33. The lowest BCUT2D eigenvalue weighted by atomic mass is 10.1. The molecule has 2 heterocycles. The van der Waals surface area contributed by atoms with Crippen molar-refractivity contribution in [3.63, 3.8) is 0 Å². The summed E-state index contributed by atoms with van der Waals surface area (Å²) in [6.07, 6.45) is 3.41. The SMILES string of the molecule is CC(Sc1nnc(-c2ccncc2)n1-c1ccccc1)C(=O)NC(C)c1ccc(F)cc1. The number of carbonyl (C=O) groups is 1. The fraction of sp³-hybridized carbons (Fsp3) is 0.167. The molecule has 4 rings (SSSR count). The molecule has 2 atom stereocenters. The van der Waals surface area contributed by atoms with Crippen molar-refractivity contribution in [3.8, 4) is 17.1 Å². The summed E-state index contributed by atoms with van der Waals surface area (Å²) in [6.45, 7) is 3.70. The molecule has 0 aliphatic rings. The summed E-state index contributed by atoms with van der Waals surface area (Å²) in [5.41, 5.74) is 2.62. The third-order valence-electron chi connectivity index (χ3n) is 4.97. The van der Waals surface area contributed by atoms with E-state index in [0.29, 0.717) is 11.0 Å². The van der Waals surface area contributed by atoms with Gasteiger partial charge in [0.2, 0.25) is 5.91 Å². The summed E-state index contributed by atoms with van der Waals surface area (Å²) in [7, 11) is 0.